The molecule has 0 fully saturated rings. The van der Waals surface area contributed by atoms with E-state index >= 15 is 0 Å². The highest BCUT2D eigenvalue weighted by Crippen LogP contribution is 2.37. The molecule has 18 heavy (non-hydrogen) atoms. The molecule has 102 valence electrons. The summed E-state index contributed by atoms with van der Waals surface area (Å²) in [6.45, 7) is -1.42. The van der Waals surface area contributed by atoms with Gasteiger partial charge in [-0.25, -0.2) is 8.78 Å². The van der Waals surface area contributed by atoms with Crippen LogP contribution in [-0.4, -0.2) is 23.1 Å². The first kappa shape index (κ1) is 15.2. The van der Waals surface area contributed by atoms with Crippen molar-refractivity contribution < 1.29 is 27.1 Å². The Balaban J connectivity index is 2.83. The molecule has 0 bridgehead atoms. The molecule has 0 aromatic heterocycles. The van der Waals surface area contributed by atoms with Gasteiger partial charge in [-0.05, 0) is 29.5 Å². The second-order valence-electron chi connectivity index (χ2n) is 3.51. The zero-order valence-corrected chi connectivity index (χ0v) is 9.73. The Morgan fingerprint density at radius 3 is 2.00 bits per heavy atom. The molecule has 1 atom stereocenters. The molecule has 0 amide bonds. The predicted octanol–water partition coefficient (Wildman–Crippen LogP) is 2.93. The Labute approximate surface area is 104 Å². The smallest absolute Gasteiger partial charge is 0.390 e. The van der Waals surface area contributed by atoms with E-state index in [1.165, 1.54) is 0 Å². The molecule has 0 unspecified atom stereocenters. The largest absolute Gasteiger partial charge is 0.446 e. The number of hydrogen-bond acceptors (Lipinski definition) is 3. The number of thioether (sulfide) groups is 1. The zero-order valence-electron chi connectivity index (χ0n) is 8.92. The van der Waals surface area contributed by atoms with Crippen LogP contribution in [0.4, 0.5) is 22.0 Å². The SMILES string of the molecule is N[C@H](c1ccc(SC(F)(F)F)cc1)C(F)(F)CO. The van der Waals surface area contributed by atoms with Crippen LogP contribution in [0.3, 0.4) is 0 Å². The molecular formula is C10H10F5NOS. The molecule has 0 heterocycles. The topological polar surface area (TPSA) is 46.2 Å². The molecule has 1 aromatic rings. The molecule has 0 radical (unpaired) electrons. The lowest BCUT2D eigenvalue weighted by Gasteiger charge is -2.21. The van der Waals surface area contributed by atoms with Gasteiger partial charge in [0.05, 0.1) is 6.04 Å². The van der Waals surface area contributed by atoms with Gasteiger partial charge in [-0.2, -0.15) is 13.2 Å². The molecule has 0 aliphatic carbocycles. The molecule has 1 rings (SSSR count). The fourth-order valence-electron chi connectivity index (χ4n) is 1.22. The Kier molecular flexibility index (Phi) is 4.57. The lowest BCUT2D eigenvalue weighted by Crippen LogP contribution is -2.36. The molecule has 2 nitrogen and oxygen atoms in total. The molecule has 0 spiro atoms. The first-order valence-corrected chi connectivity index (χ1v) is 5.57. The van der Waals surface area contributed by atoms with E-state index in [1.54, 1.807) is 0 Å². The summed E-state index contributed by atoms with van der Waals surface area (Å²) in [5.41, 5.74) is 0.749. The molecule has 3 N–H and O–H groups in total. The first-order valence-electron chi connectivity index (χ1n) is 4.75. The normalized spacial score (nSPS) is 14.6. The van der Waals surface area contributed by atoms with E-state index in [0.717, 1.165) is 24.3 Å². The van der Waals surface area contributed by atoms with E-state index in [2.05, 4.69) is 0 Å². The highest BCUT2D eigenvalue weighted by molar-refractivity contribution is 8.00. The lowest BCUT2D eigenvalue weighted by molar-refractivity contribution is -0.0712. The second kappa shape index (κ2) is 5.41. The summed E-state index contributed by atoms with van der Waals surface area (Å²) >= 11 is -0.343. The van der Waals surface area contributed by atoms with Crippen molar-refractivity contribution in [2.24, 2.45) is 5.73 Å². The second-order valence-corrected chi connectivity index (χ2v) is 4.65. The summed E-state index contributed by atoms with van der Waals surface area (Å²) in [7, 11) is 0. The van der Waals surface area contributed by atoms with E-state index in [9.17, 15) is 22.0 Å². The predicted molar refractivity (Wildman–Crippen MR) is 57.3 cm³/mol. The third-order valence-corrected chi connectivity index (χ3v) is 2.88. The molecule has 8 heteroatoms. The molecule has 0 aliphatic rings. The van der Waals surface area contributed by atoms with Crippen LogP contribution < -0.4 is 5.73 Å². The van der Waals surface area contributed by atoms with Crippen LogP contribution in [0.15, 0.2) is 29.2 Å². The van der Waals surface area contributed by atoms with E-state index in [-0.39, 0.29) is 22.2 Å². The Morgan fingerprint density at radius 2 is 1.61 bits per heavy atom. The average Bonchev–Trinajstić information content (AvgIpc) is 2.27. The van der Waals surface area contributed by atoms with Gasteiger partial charge in [-0.1, -0.05) is 12.1 Å². The minimum atomic E-state index is -4.43. The van der Waals surface area contributed by atoms with Gasteiger partial charge in [0.1, 0.15) is 6.61 Å². The van der Waals surface area contributed by atoms with Crippen molar-refractivity contribution in [1.82, 2.24) is 0 Å². The number of aliphatic hydroxyl groups excluding tert-OH is 1. The van der Waals surface area contributed by atoms with Gasteiger partial charge in [0.2, 0.25) is 0 Å². The van der Waals surface area contributed by atoms with Crippen molar-refractivity contribution in [3.63, 3.8) is 0 Å². The number of benzene rings is 1. The Bertz CT molecular complexity index is 392. The summed E-state index contributed by atoms with van der Waals surface area (Å²) in [6, 6.07) is 2.53. The van der Waals surface area contributed by atoms with Crippen molar-refractivity contribution in [3.05, 3.63) is 29.8 Å². The number of nitrogens with two attached hydrogens (primary N) is 1. The molecule has 0 aliphatic heterocycles. The molecule has 1 aromatic carbocycles. The van der Waals surface area contributed by atoms with E-state index in [1.807, 2.05) is 0 Å². The van der Waals surface area contributed by atoms with Crippen molar-refractivity contribution in [2.75, 3.05) is 6.61 Å². The van der Waals surface area contributed by atoms with E-state index in [4.69, 9.17) is 10.8 Å². The third kappa shape index (κ3) is 4.11. The van der Waals surface area contributed by atoms with Crippen molar-refractivity contribution >= 4 is 11.8 Å². The maximum absolute atomic E-state index is 13.0. The van der Waals surface area contributed by atoms with Crippen LogP contribution in [-0.2, 0) is 0 Å². The van der Waals surface area contributed by atoms with Gasteiger partial charge < -0.3 is 10.8 Å². The van der Waals surface area contributed by atoms with Crippen LogP contribution in [0, 0.1) is 0 Å². The summed E-state index contributed by atoms with van der Waals surface area (Å²) in [6.07, 6.45) is 0. The van der Waals surface area contributed by atoms with Gasteiger partial charge >= 0.3 is 5.51 Å². The maximum atomic E-state index is 13.0. The zero-order chi connectivity index (χ0) is 14.0. The maximum Gasteiger partial charge on any atom is 0.446 e. The van der Waals surface area contributed by atoms with Gasteiger partial charge in [0, 0.05) is 4.90 Å². The summed E-state index contributed by atoms with van der Waals surface area (Å²) in [4.78, 5) is -0.120. The fourth-order valence-corrected chi connectivity index (χ4v) is 1.76. The van der Waals surface area contributed by atoms with Gasteiger partial charge in [0.25, 0.3) is 5.92 Å². The molecular weight excluding hydrogens is 277 g/mol. The van der Waals surface area contributed by atoms with Gasteiger partial charge in [-0.3, -0.25) is 0 Å². The molecule has 0 saturated carbocycles. The number of aliphatic hydroxyl groups is 1. The van der Waals surface area contributed by atoms with Crippen LogP contribution in [0.2, 0.25) is 0 Å². The molecule has 0 saturated heterocycles. The monoisotopic (exact) mass is 287 g/mol. The number of hydrogen-bond donors (Lipinski definition) is 2. The van der Waals surface area contributed by atoms with Crippen LogP contribution in [0.5, 0.6) is 0 Å². The Hall–Kier alpha value is -0.860. The first-order chi connectivity index (χ1) is 8.15. The quantitative estimate of drug-likeness (QED) is 0.661. The van der Waals surface area contributed by atoms with E-state index in [0.29, 0.717) is 0 Å². The van der Waals surface area contributed by atoms with Crippen molar-refractivity contribution in [3.8, 4) is 0 Å². The van der Waals surface area contributed by atoms with E-state index < -0.39 is 24.1 Å². The standard InChI is InChI=1S/C10H10F5NOS/c11-9(12,5-17)8(16)6-1-3-7(4-2-6)18-10(13,14)15/h1-4,8,17H,5,16H2/t8-/m1/s1. The highest BCUT2D eigenvalue weighted by atomic mass is 32.2. The fraction of sp³-hybridized carbons (Fsp3) is 0.400. The minimum Gasteiger partial charge on any atom is -0.390 e. The average molecular weight is 287 g/mol. The van der Waals surface area contributed by atoms with Crippen molar-refractivity contribution in [2.45, 2.75) is 22.4 Å². The summed E-state index contributed by atoms with van der Waals surface area (Å²) in [5, 5.41) is 8.45. The summed E-state index contributed by atoms with van der Waals surface area (Å²) in [5.74, 6) is -3.52. The minimum absolute atomic E-state index is 0.0411. The van der Waals surface area contributed by atoms with Crippen LogP contribution in [0.1, 0.15) is 11.6 Å². The van der Waals surface area contributed by atoms with Crippen LogP contribution in [0.25, 0.3) is 0 Å². The Morgan fingerprint density at radius 1 is 1.11 bits per heavy atom. The summed E-state index contributed by atoms with van der Waals surface area (Å²) < 4.78 is 62.2. The number of alkyl halides is 5. The highest BCUT2D eigenvalue weighted by Gasteiger charge is 2.37. The van der Waals surface area contributed by atoms with Gasteiger partial charge in [-0.15, -0.1) is 0 Å². The lowest BCUT2D eigenvalue weighted by atomic mass is 10.0. The van der Waals surface area contributed by atoms with Crippen molar-refractivity contribution in [1.29, 1.82) is 0 Å². The number of rotatable bonds is 4. The third-order valence-electron chi connectivity index (χ3n) is 2.14. The van der Waals surface area contributed by atoms with Crippen LogP contribution >= 0.6 is 11.8 Å². The number of halogens is 5. The van der Waals surface area contributed by atoms with Gasteiger partial charge in [0.15, 0.2) is 0 Å².